The molecule has 0 aromatic carbocycles. The number of carbonyl (C=O) groups is 3. The summed E-state index contributed by atoms with van der Waals surface area (Å²) in [6, 6.07) is 0. The summed E-state index contributed by atoms with van der Waals surface area (Å²) < 4.78 is 16.8. The van der Waals surface area contributed by atoms with E-state index in [0.717, 1.165) is 161 Å². The second-order valence-corrected chi connectivity index (χ2v) is 19.5. The Bertz CT molecular complexity index is 1660. The zero-order valence-electron chi connectivity index (χ0n) is 48.3. The highest BCUT2D eigenvalue weighted by atomic mass is 16.6. The van der Waals surface area contributed by atoms with Crippen molar-refractivity contribution in [1.29, 1.82) is 0 Å². The number of unbranched alkanes of at least 4 members (excludes halogenated alkanes) is 18. The highest BCUT2D eigenvalue weighted by Gasteiger charge is 2.19. The summed E-state index contributed by atoms with van der Waals surface area (Å²) in [5.74, 6) is -0.945. The summed E-state index contributed by atoms with van der Waals surface area (Å²) in [5.41, 5.74) is 0. The van der Waals surface area contributed by atoms with Crippen LogP contribution in [0.15, 0.2) is 146 Å². The maximum atomic E-state index is 12.8. The normalized spacial score (nSPS) is 13.2. The van der Waals surface area contributed by atoms with Crippen LogP contribution in [-0.4, -0.2) is 37.2 Å². The van der Waals surface area contributed by atoms with Crippen LogP contribution in [0.1, 0.15) is 252 Å². The third kappa shape index (κ3) is 60.0. The lowest BCUT2D eigenvalue weighted by molar-refractivity contribution is -0.167. The van der Waals surface area contributed by atoms with E-state index in [0.29, 0.717) is 19.3 Å². The van der Waals surface area contributed by atoms with E-state index in [-0.39, 0.29) is 31.1 Å². The van der Waals surface area contributed by atoms with Crippen LogP contribution in [0.4, 0.5) is 0 Å². The van der Waals surface area contributed by atoms with Gasteiger partial charge in [-0.25, -0.2) is 0 Å². The van der Waals surface area contributed by atoms with Crippen LogP contribution in [0, 0.1) is 0 Å². The van der Waals surface area contributed by atoms with Crippen molar-refractivity contribution in [3.05, 3.63) is 146 Å². The van der Waals surface area contributed by atoms with E-state index >= 15 is 0 Å². The van der Waals surface area contributed by atoms with Gasteiger partial charge >= 0.3 is 17.9 Å². The van der Waals surface area contributed by atoms with E-state index in [1.807, 2.05) is 0 Å². The molecule has 6 nitrogen and oxygen atoms in total. The van der Waals surface area contributed by atoms with Crippen molar-refractivity contribution in [3.8, 4) is 0 Å². The molecule has 0 rings (SSSR count). The molecule has 0 heterocycles. The van der Waals surface area contributed by atoms with E-state index < -0.39 is 6.10 Å². The van der Waals surface area contributed by atoms with Gasteiger partial charge in [-0.2, -0.15) is 0 Å². The summed E-state index contributed by atoms with van der Waals surface area (Å²) in [5, 5.41) is 0. The van der Waals surface area contributed by atoms with Crippen molar-refractivity contribution in [2.75, 3.05) is 13.2 Å². The van der Waals surface area contributed by atoms with Gasteiger partial charge in [0.05, 0.1) is 0 Å². The first-order valence-electron chi connectivity index (χ1n) is 30.3. The van der Waals surface area contributed by atoms with Gasteiger partial charge in [-0.05, 0) is 122 Å². The zero-order valence-corrected chi connectivity index (χ0v) is 48.3. The SMILES string of the molecule is CC/C=C\C/C=C\C/C=C\C/C=C\C/C=C\C/C=C\C/C=C\C/C=C\C/C=C\C/C=C\CCCCCCC(=O)OCC(COC(=O)CCCCCCCCCC)OC(=O)CCCCCCC/C=C\C/C=C\CCCC. The van der Waals surface area contributed by atoms with Gasteiger partial charge in [0.1, 0.15) is 13.2 Å². The Morgan fingerprint density at radius 2 is 0.533 bits per heavy atom. The van der Waals surface area contributed by atoms with Gasteiger partial charge in [0.2, 0.25) is 0 Å². The van der Waals surface area contributed by atoms with E-state index in [1.54, 1.807) is 0 Å². The Balaban J connectivity index is 4.23. The van der Waals surface area contributed by atoms with Gasteiger partial charge in [0.15, 0.2) is 6.10 Å². The predicted octanol–water partition coefficient (Wildman–Crippen LogP) is 20.8. The van der Waals surface area contributed by atoms with E-state index in [2.05, 4.69) is 167 Å². The van der Waals surface area contributed by atoms with Gasteiger partial charge in [0, 0.05) is 19.3 Å². The Labute approximate surface area is 461 Å². The molecule has 0 saturated carbocycles. The van der Waals surface area contributed by atoms with Gasteiger partial charge in [-0.3, -0.25) is 14.4 Å². The molecule has 1 unspecified atom stereocenters. The van der Waals surface area contributed by atoms with Crippen LogP contribution < -0.4 is 0 Å². The molecule has 0 fully saturated rings. The molecule has 0 saturated heterocycles. The predicted molar refractivity (Wildman–Crippen MR) is 325 cm³/mol. The highest BCUT2D eigenvalue weighted by Crippen LogP contribution is 2.13. The number of carbonyl (C=O) groups excluding carboxylic acids is 3. The molecule has 1 atom stereocenters. The lowest BCUT2D eigenvalue weighted by atomic mass is 10.1. The van der Waals surface area contributed by atoms with Crippen molar-refractivity contribution in [1.82, 2.24) is 0 Å². The standard InChI is InChI=1S/C69H110O6/c1-4-7-10-13-16-19-21-23-25-26-27-28-29-30-31-32-33-34-35-36-37-38-39-40-41-42-43-44-45-47-48-50-53-56-59-62-68(71)74-65-66(64-73-67(70)61-58-55-52-18-15-12-9-6-3)75-69(72)63-60-57-54-51-49-46-24-22-20-17-14-11-8-5-2/h7,10,14,16-17,19,22-25,27-28,30-31,33-34,36-37,39-40,42-43,45,47,66H,4-6,8-9,11-13,15,18,20-21,26,29,32,35,38,41,44,46,48-65H2,1-3H3/b10-7-,17-14-,19-16-,24-22-,25-23-,28-27-,31-30-,34-33-,37-36-,40-39-,43-42-,47-45-. The van der Waals surface area contributed by atoms with Crippen LogP contribution in [0.3, 0.4) is 0 Å². The molecule has 75 heavy (non-hydrogen) atoms. The van der Waals surface area contributed by atoms with Crippen LogP contribution >= 0.6 is 0 Å². The fraction of sp³-hybridized carbons (Fsp3) is 0.609. The van der Waals surface area contributed by atoms with Crippen LogP contribution in [-0.2, 0) is 28.6 Å². The molecule has 0 radical (unpaired) electrons. The molecule has 0 aromatic heterocycles. The van der Waals surface area contributed by atoms with Crippen LogP contribution in [0.2, 0.25) is 0 Å². The van der Waals surface area contributed by atoms with Gasteiger partial charge in [0.25, 0.3) is 0 Å². The minimum atomic E-state index is -0.798. The summed E-state index contributed by atoms with van der Waals surface area (Å²) in [6.45, 7) is 6.41. The van der Waals surface area contributed by atoms with E-state index in [4.69, 9.17) is 14.2 Å². The topological polar surface area (TPSA) is 78.9 Å². The molecule has 0 spiro atoms. The zero-order chi connectivity index (χ0) is 54.3. The molecule has 0 bridgehead atoms. The first kappa shape index (κ1) is 70.3. The van der Waals surface area contributed by atoms with Crippen LogP contribution in [0.25, 0.3) is 0 Å². The molecule has 0 aliphatic carbocycles. The van der Waals surface area contributed by atoms with Gasteiger partial charge < -0.3 is 14.2 Å². The number of hydrogen-bond donors (Lipinski definition) is 0. The molecule has 0 aliphatic heterocycles. The quantitative estimate of drug-likeness (QED) is 0.0261. The van der Waals surface area contributed by atoms with E-state index in [9.17, 15) is 14.4 Å². The van der Waals surface area contributed by atoms with Crippen LogP contribution in [0.5, 0.6) is 0 Å². The largest absolute Gasteiger partial charge is 0.462 e. The summed E-state index contributed by atoms with van der Waals surface area (Å²) in [4.78, 5) is 38.0. The average Bonchev–Trinajstić information content (AvgIpc) is 3.41. The second-order valence-electron chi connectivity index (χ2n) is 19.5. The Hall–Kier alpha value is -4.71. The molecular weight excluding hydrogens is 925 g/mol. The first-order valence-corrected chi connectivity index (χ1v) is 30.3. The highest BCUT2D eigenvalue weighted by molar-refractivity contribution is 5.71. The average molecular weight is 1040 g/mol. The number of ether oxygens (including phenoxy) is 3. The third-order valence-electron chi connectivity index (χ3n) is 12.3. The Kier molecular flexibility index (Phi) is 58.0. The van der Waals surface area contributed by atoms with Crippen molar-refractivity contribution in [2.45, 2.75) is 258 Å². The summed E-state index contributed by atoms with van der Waals surface area (Å²) in [6.07, 6.45) is 88.6. The monoisotopic (exact) mass is 1030 g/mol. The van der Waals surface area contributed by atoms with Crippen molar-refractivity contribution < 1.29 is 28.6 Å². The first-order chi connectivity index (χ1) is 37.0. The van der Waals surface area contributed by atoms with Crippen molar-refractivity contribution in [2.24, 2.45) is 0 Å². The summed E-state index contributed by atoms with van der Waals surface area (Å²) >= 11 is 0. The smallest absolute Gasteiger partial charge is 0.306 e. The molecule has 0 N–H and O–H groups in total. The van der Waals surface area contributed by atoms with E-state index in [1.165, 1.54) is 51.4 Å². The minimum absolute atomic E-state index is 0.0948. The summed E-state index contributed by atoms with van der Waals surface area (Å²) in [7, 11) is 0. The number of hydrogen-bond acceptors (Lipinski definition) is 6. The second kappa shape index (κ2) is 61.8. The maximum Gasteiger partial charge on any atom is 0.306 e. The molecule has 0 amide bonds. The van der Waals surface area contributed by atoms with Gasteiger partial charge in [-0.15, -0.1) is 0 Å². The van der Waals surface area contributed by atoms with Crippen molar-refractivity contribution in [3.63, 3.8) is 0 Å². The number of rotatable bonds is 53. The molecule has 422 valence electrons. The molecule has 0 aliphatic rings. The minimum Gasteiger partial charge on any atom is -0.462 e. The number of allylic oxidation sites excluding steroid dienone is 24. The Morgan fingerprint density at radius 3 is 0.853 bits per heavy atom. The lowest BCUT2D eigenvalue weighted by Gasteiger charge is -2.18. The third-order valence-corrected chi connectivity index (χ3v) is 12.3. The van der Waals surface area contributed by atoms with Gasteiger partial charge in [-0.1, -0.05) is 256 Å². The fourth-order valence-corrected chi connectivity index (χ4v) is 7.78. The Morgan fingerprint density at radius 1 is 0.280 bits per heavy atom. The fourth-order valence-electron chi connectivity index (χ4n) is 7.78. The molecular formula is C69H110O6. The molecule has 0 aromatic rings. The molecule has 6 heteroatoms. The van der Waals surface area contributed by atoms with Crippen molar-refractivity contribution >= 4 is 17.9 Å². The maximum absolute atomic E-state index is 12.8. The number of esters is 3. The lowest BCUT2D eigenvalue weighted by Crippen LogP contribution is -2.30.